The summed E-state index contributed by atoms with van der Waals surface area (Å²) in [6, 6.07) is -0.579. The number of hydrogen-bond acceptors (Lipinski definition) is 4. The maximum atomic E-state index is 11.0. The summed E-state index contributed by atoms with van der Waals surface area (Å²) in [5, 5.41) is 4.44. The van der Waals surface area contributed by atoms with Crippen molar-refractivity contribution in [3.8, 4) is 0 Å². The van der Waals surface area contributed by atoms with Gasteiger partial charge < -0.3 is 9.80 Å². The molecule has 8 heteroatoms. The van der Waals surface area contributed by atoms with E-state index in [0.717, 1.165) is 0 Å². The number of nitrogens with one attached hydrogen (secondary N) is 2. The number of carbonyl (C=O) groups excluding carboxylic acids is 4. The summed E-state index contributed by atoms with van der Waals surface area (Å²) in [5.41, 5.74) is -0.535. The van der Waals surface area contributed by atoms with Crippen LogP contribution in [0.15, 0.2) is 0 Å². The third-order valence-electron chi connectivity index (χ3n) is 3.21. The second kappa shape index (κ2) is 5.94. The molecule has 2 rings (SSSR count). The molecule has 0 radical (unpaired) electrons. The Hall–Kier alpha value is -2.12. The normalized spacial score (nSPS) is 19.0. The van der Waals surface area contributed by atoms with E-state index in [9.17, 15) is 19.2 Å². The Kier molecular flexibility index (Phi) is 4.84. The van der Waals surface area contributed by atoms with Crippen molar-refractivity contribution in [3.63, 3.8) is 0 Å². The number of imide groups is 2. The molecule has 2 heterocycles. The number of urea groups is 2. The number of carbonyl (C=O) groups is 4. The van der Waals surface area contributed by atoms with Crippen LogP contribution in [0.5, 0.6) is 0 Å². The van der Waals surface area contributed by atoms with Gasteiger partial charge in [-0.25, -0.2) is 9.59 Å². The van der Waals surface area contributed by atoms with Crippen LogP contribution >= 0.6 is 0 Å². The first kappa shape index (κ1) is 17.9. The average molecular weight is 312 g/mol. The minimum absolute atomic E-state index is 0.183. The molecular weight excluding hydrogens is 288 g/mol. The molecule has 0 saturated carbocycles. The fourth-order valence-corrected chi connectivity index (χ4v) is 1.97. The smallest absolute Gasteiger partial charge is 0.310 e. The lowest BCUT2D eigenvalue weighted by atomic mass is 10.1. The Morgan fingerprint density at radius 2 is 0.955 bits per heavy atom. The largest absolute Gasteiger partial charge is 0.325 e. The van der Waals surface area contributed by atoms with E-state index in [2.05, 4.69) is 10.6 Å². The van der Waals surface area contributed by atoms with Crippen LogP contribution in [0.4, 0.5) is 9.59 Å². The third kappa shape index (κ3) is 4.44. The summed E-state index contributed by atoms with van der Waals surface area (Å²) >= 11 is 0. The molecule has 0 aliphatic carbocycles. The maximum absolute atomic E-state index is 11.0. The highest BCUT2D eigenvalue weighted by Crippen LogP contribution is 2.16. The van der Waals surface area contributed by atoms with E-state index in [1.54, 1.807) is 0 Å². The Labute approximate surface area is 130 Å². The first-order valence-corrected chi connectivity index (χ1v) is 7.05. The summed E-state index contributed by atoms with van der Waals surface area (Å²) in [7, 11) is 0. The van der Waals surface area contributed by atoms with Crippen LogP contribution in [-0.4, -0.2) is 57.8 Å². The molecule has 8 nitrogen and oxygen atoms in total. The molecule has 0 aromatic heterocycles. The van der Waals surface area contributed by atoms with E-state index in [-0.39, 0.29) is 48.0 Å². The van der Waals surface area contributed by atoms with Gasteiger partial charge in [0.25, 0.3) is 0 Å². The molecule has 0 atom stereocenters. The molecule has 6 amide bonds. The van der Waals surface area contributed by atoms with Crippen LogP contribution in [0, 0.1) is 0 Å². The molecule has 2 saturated heterocycles. The molecule has 0 unspecified atom stereocenters. The zero-order valence-corrected chi connectivity index (χ0v) is 13.9. The van der Waals surface area contributed by atoms with Crippen LogP contribution in [0.3, 0.4) is 0 Å². The lowest BCUT2D eigenvalue weighted by Crippen LogP contribution is -2.43. The number of nitrogens with zero attached hydrogens (tertiary/aromatic N) is 2. The predicted molar refractivity (Wildman–Crippen MR) is 80.0 cm³/mol. The van der Waals surface area contributed by atoms with Gasteiger partial charge >= 0.3 is 12.1 Å². The molecule has 2 aliphatic rings. The van der Waals surface area contributed by atoms with Gasteiger partial charge in [0.15, 0.2) is 0 Å². The molecular formula is C14H24N4O4. The Bertz CT molecular complexity index is 456. The number of amides is 6. The second-order valence-electron chi connectivity index (χ2n) is 7.22. The molecule has 2 N–H and O–H groups in total. The van der Waals surface area contributed by atoms with E-state index in [0.29, 0.717) is 0 Å². The standard InChI is InChI=1S/2C7H12N2O2/c2*1-7(2,3)9-4-5(10)8-6(9)11/h2*4H2,1-3H3,(H,8,10,11). The second-order valence-corrected chi connectivity index (χ2v) is 7.22. The molecule has 124 valence electrons. The molecule has 2 fully saturated rings. The zero-order chi connectivity index (χ0) is 17.3. The highest BCUT2D eigenvalue weighted by molar-refractivity contribution is 6.02. The zero-order valence-electron chi connectivity index (χ0n) is 13.9. The maximum Gasteiger partial charge on any atom is 0.325 e. The molecule has 0 aromatic rings. The summed E-state index contributed by atoms with van der Waals surface area (Å²) in [5.74, 6) is -0.435. The summed E-state index contributed by atoms with van der Waals surface area (Å²) < 4.78 is 0. The van der Waals surface area contributed by atoms with Gasteiger partial charge in [0.05, 0.1) is 0 Å². The van der Waals surface area contributed by atoms with Gasteiger partial charge in [0.1, 0.15) is 13.1 Å². The van der Waals surface area contributed by atoms with Crippen molar-refractivity contribution in [3.05, 3.63) is 0 Å². The van der Waals surface area contributed by atoms with Crippen molar-refractivity contribution in [1.29, 1.82) is 0 Å². The van der Waals surface area contributed by atoms with Crippen molar-refractivity contribution >= 4 is 23.9 Å². The Morgan fingerprint density at radius 1 is 0.682 bits per heavy atom. The van der Waals surface area contributed by atoms with Crippen LogP contribution < -0.4 is 10.6 Å². The Morgan fingerprint density at radius 3 is 1.05 bits per heavy atom. The topological polar surface area (TPSA) is 98.8 Å². The molecule has 22 heavy (non-hydrogen) atoms. The third-order valence-corrected chi connectivity index (χ3v) is 3.21. The van der Waals surface area contributed by atoms with E-state index in [1.165, 1.54) is 9.80 Å². The minimum Gasteiger partial charge on any atom is -0.310 e. The number of hydrogen-bond donors (Lipinski definition) is 2. The molecule has 2 aliphatic heterocycles. The fourth-order valence-electron chi connectivity index (χ4n) is 1.97. The van der Waals surface area contributed by atoms with Gasteiger partial charge in [-0.15, -0.1) is 0 Å². The lowest BCUT2D eigenvalue weighted by Gasteiger charge is -2.29. The first-order valence-electron chi connectivity index (χ1n) is 7.05. The first-order chi connectivity index (χ1) is 9.82. The SMILES string of the molecule is CC(C)(C)N1CC(=O)NC1=O.CC(C)(C)N1CC(=O)NC1=O. The van der Waals surface area contributed by atoms with E-state index >= 15 is 0 Å². The highest BCUT2D eigenvalue weighted by atomic mass is 16.2. The van der Waals surface area contributed by atoms with E-state index in [4.69, 9.17) is 0 Å². The van der Waals surface area contributed by atoms with Crippen molar-refractivity contribution < 1.29 is 19.2 Å². The summed E-state index contributed by atoms with van der Waals surface area (Å²) in [6.07, 6.45) is 0. The monoisotopic (exact) mass is 312 g/mol. The van der Waals surface area contributed by atoms with Gasteiger partial charge in [0.2, 0.25) is 11.8 Å². The van der Waals surface area contributed by atoms with Crippen molar-refractivity contribution in [1.82, 2.24) is 20.4 Å². The minimum atomic E-state index is -0.289. The van der Waals surface area contributed by atoms with Crippen molar-refractivity contribution in [2.75, 3.05) is 13.1 Å². The van der Waals surface area contributed by atoms with Gasteiger partial charge in [-0.05, 0) is 41.5 Å². The van der Waals surface area contributed by atoms with E-state index < -0.39 is 0 Å². The highest BCUT2D eigenvalue weighted by Gasteiger charge is 2.35. The van der Waals surface area contributed by atoms with Crippen LogP contribution in [-0.2, 0) is 9.59 Å². The summed E-state index contributed by atoms with van der Waals surface area (Å²) in [4.78, 5) is 46.5. The van der Waals surface area contributed by atoms with Crippen molar-refractivity contribution in [2.45, 2.75) is 52.6 Å². The average Bonchev–Trinajstić information content (AvgIpc) is 2.80. The fraction of sp³-hybridized carbons (Fsp3) is 0.714. The van der Waals surface area contributed by atoms with Crippen LogP contribution in [0.2, 0.25) is 0 Å². The van der Waals surface area contributed by atoms with E-state index in [1.807, 2.05) is 41.5 Å². The molecule has 0 aromatic carbocycles. The lowest BCUT2D eigenvalue weighted by molar-refractivity contribution is -0.119. The number of rotatable bonds is 0. The summed E-state index contributed by atoms with van der Waals surface area (Å²) in [6.45, 7) is 11.7. The van der Waals surface area contributed by atoms with Crippen LogP contribution in [0.25, 0.3) is 0 Å². The van der Waals surface area contributed by atoms with Gasteiger partial charge in [-0.3, -0.25) is 20.2 Å². The predicted octanol–water partition coefficient (Wildman–Crippen LogP) is 0.673. The van der Waals surface area contributed by atoms with Gasteiger partial charge in [-0.1, -0.05) is 0 Å². The molecule has 0 spiro atoms. The van der Waals surface area contributed by atoms with Gasteiger partial charge in [-0.2, -0.15) is 0 Å². The molecule has 0 bridgehead atoms. The quantitative estimate of drug-likeness (QED) is 0.642. The van der Waals surface area contributed by atoms with Gasteiger partial charge in [0, 0.05) is 11.1 Å². The van der Waals surface area contributed by atoms with Crippen molar-refractivity contribution in [2.24, 2.45) is 0 Å². The Balaban J connectivity index is 0.000000220. The van der Waals surface area contributed by atoms with Crippen LogP contribution in [0.1, 0.15) is 41.5 Å².